The molecule has 0 bridgehead atoms. The molecule has 0 aliphatic rings. The van der Waals surface area contributed by atoms with Crippen LogP contribution in [0.4, 0.5) is 10.7 Å². The lowest BCUT2D eigenvalue weighted by atomic mass is 10.0. The van der Waals surface area contributed by atoms with Crippen LogP contribution in [0.25, 0.3) is 22.5 Å². The summed E-state index contributed by atoms with van der Waals surface area (Å²) >= 11 is 2.57. The Hall–Kier alpha value is -3.89. The van der Waals surface area contributed by atoms with Crippen molar-refractivity contribution in [2.45, 2.75) is 18.6 Å². The quantitative estimate of drug-likeness (QED) is 0.143. The molecule has 1 amide bonds. The molecule has 4 aromatic rings. The fraction of sp³-hybridized carbons (Fsp3) is 0.214. The van der Waals surface area contributed by atoms with Crippen molar-refractivity contribution in [1.82, 2.24) is 14.8 Å². The number of aromatic nitrogens is 3. The summed E-state index contributed by atoms with van der Waals surface area (Å²) in [6.45, 7) is 6.35. The lowest BCUT2D eigenvalue weighted by molar-refractivity contribution is -0.113. The molecule has 2 aromatic carbocycles. The first kappa shape index (κ1) is 27.2. The van der Waals surface area contributed by atoms with Gasteiger partial charge in [0.05, 0.1) is 12.4 Å². The molecule has 196 valence electrons. The standard InChI is InChI=1S/C28H29N5O3S2/c1-5-15-33-25(20-13-10-14-21(16-20)32(3)4)30-31-28(33)38-18-23(34)29-26-24(27(35)36-6-2)22(17-37-26)19-11-8-7-9-12-19/h5,7-14,16-17H,1,6,15,18H2,2-4H3,(H,29,34). The number of hydrogen-bond donors (Lipinski definition) is 1. The predicted octanol–water partition coefficient (Wildman–Crippen LogP) is 5.83. The highest BCUT2D eigenvalue weighted by Gasteiger charge is 2.23. The van der Waals surface area contributed by atoms with E-state index >= 15 is 0 Å². The van der Waals surface area contributed by atoms with Gasteiger partial charge in [-0.25, -0.2) is 4.79 Å². The van der Waals surface area contributed by atoms with E-state index in [1.54, 1.807) is 13.0 Å². The maximum Gasteiger partial charge on any atom is 0.341 e. The van der Waals surface area contributed by atoms with E-state index in [1.807, 2.05) is 83.5 Å². The number of anilines is 2. The van der Waals surface area contributed by atoms with Gasteiger partial charge in [0.1, 0.15) is 10.6 Å². The molecule has 1 N–H and O–H groups in total. The molecule has 0 unspecified atom stereocenters. The zero-order valence-electron chi connectivity index (χ0n) is 21.5. The minimum absolute atomic E-state index is 0.0911. The Morgan fingerprint density at radius 1 is 1.13 bits per heavy atom. The molecule has 10 heteroatoms. The maximum atomic E-state index is 13.0. The predicted molar refractivity (Wildman–Crippen MR) is 155 cm³/mol. The van der Waals surface area contributed by atoms with Crippen molar-refractivity contribution in [2.75, 3.05) is 36.7 Å². The largest absolute Gasteiger partial charge is 0.462 e. The Morgan fingerprint density at radius 3 is 2.61 bits per heavy atom. The highest BCUT2D eigenvalue weighted by Crippen LogP contribution is 2.36. The summed E-state index contributed by atoms with van der Waals surface area (Å²) in [5, 5.41) is 14.6. The van der Waals surface area contributed by atoms with Crippen LogP contribution in [0.5, 0.6) is 0 Å². The van der Waals surface area contributed by atoms with E-state index in [1.165, 1.54) is 23.1 Å². The summed E-state index contributed by atoms with van der Waals surface area (Å²) in [6.07, 6.45) is 1.77. The van der Waals surface area contributed by atoms with Crippen LogP contribution in [0.1, 0.15) is 17.3 Å². The van der Waals surface area contributed by atoms with Gasteiger partial charge in [-0.05, 0) is 24.6 Å². The summed E-state index contributed by atoms with van der Waals surface area (Å²) in [4.78, 5) is 27.8. The average Bonchev–Trinajstić information content (AvgIpc) is 3.52. The van der Waals surface area contributed by atoms with Gasteiger partial charge in [0.2, 0.25) is 5.91 Å². The fourth-order valence-corrected chi connectivity index (χ4v) is 5.53. The average molecular weight is 548 g/mol. The maximum absolute atomic E-state index is 13.0. The summed E-state index contributed by atoms with van der Waals surface area (Å²) < 4.78 is 7.22. The zero-order valence-corrected chi connectivity index (χ0v) is 23.1. The number of nitrogens with one attached hydrogen (secondary N) is 1. The van der Waals surface area contributed by atoms with Crippen LogP contribution in [-0.2, 0) is 16.1 Å². The number of nitrogens with zero attached hydrogens (tertiary/aromatic N) is 4. The summed E-state index contributed by atoms with van der Waals surface area (Å²) in [6, 6.07) is 17.6. The van der Waals surface area contributed by atoms with Gasteiger partial charge in [-0.15, -0.1) is 28.1 Å². The number of thiophene rings is 1. The van der Waals surface area contributed by atoms with Crippen molar-refractivity contribution >= 4 is 45.7 Å². The molecule has 0 aliphatic heterocycles. The van der Waals surface area contributed by atoms with Gasteiger partial charge in [-0.2, -0.15) is 0 Å². The first-order valence-electron chi connectivity index (χ1n) is 12.0. The molecule has 0 aliphatic carbocycles. The number of esters is 1. The van der Waals surface area contributed by atoms with Crippen molar-refractivity contribution in [3.05, 3.63) is 78.2 Å². The minimum atomic E-state index is -0.467. The van der Waals surface area contributed by atoms with Crippen LogP contribution in [0, 0.1) is 0 Å². The molecule has 0 spiro atoms. The number of carbonyl (C=O) groups is 2. The van der Waals surface area contributed by atoms with Gasteiger partial charge in [-0.1, -0.05) is 60.3 Å². The number of allylic oxidation sites excluding steroid dienone is 1. The smallest absolute Gasteiger partial charge is 0.341 e. The molecular formula is C28H29N5O3S2. The highest BCUT2D eigenvalue weighted by molar-refractivity contribution is 7.99. The SMILES string of the molecule is C=CCn1c(SCC(=O)Nc2scc(-c3ccccc3)c2C(=O)OCC)nnc1-c1cccc(N(C)C)c1. The number of hydrogen-bond acceptors (Lipinski definition) is 8. The van der Waals surface area contributed by atoms with Crippen LogP contribution >= 0.6 is 23.1 Å². The van der Waals surface area contributed by atoms with Crippen LogP contribution < -0.4 is 10.2 Å². The van der Waals surface area contributed by atoms with E-state index in [0.717, 1.165) is 22.4 Å². The van der Waals surface area contributed by atoms with Crippen LogP contribution in [0.2, 0.25) is 0 Å². The normalized spacial score (nSPS) is 10.7. The van der Waals surface area contributed by atoms with E-state index in [4.69, 9.17) is 4.74 Å². The van der Waals surface area contributed by atoms with Gasteiger partial charge >= 0.3 is 5.97 Å². The van der Waals surface area contributed by atoms with Gasteiger partial charge in [-0.3, -0.25) is 9.36 Å². The molecule has 0 atom stereocenters. The number of rotatable bonds is 11. The van der Waals surface area contributed by atoms with Crippen LogP contribution in [0.3, 0.4) is 0 Å². The monoisotopic (exact) mass is 547 g/mol. The molecule has 0 saturated carbocycles. The van der Waals surface area contributed by atoms with E-state index in [0.29, 0.717) is 28.1 Å². The molecule has 0 radical (unpaired) electrons. The fourth-order valence-electron chi connectivity index (χ4n) is 3.80. The molecule has 8 nitrogen and oxygen atoms in total. The lowest BCUT2D eigenvalue weighted by Crippen LogP contribution is -2.17. The Bertz CT molecular complexity index is 1430. The molecule has 0 fully saturated rings. The van der Waals surface area contributed by atoms with Crippen molar-refractivity contribution in [3.8, 4) is 22.5 Å². The van der Waals surface area contributed by atoms with E-state index in [9.17, 15) is 9.59 Å². The minimum Gasteiger partial charge on any atom is -0.462 e. The molecule has 0 saturated heterocycles. The van der Waals surface area contributed by atoms with Crippen LogP contribution in [0.15, 0.2) is 77.8 Å². The first-order chi connectivity index (χ1) is 18.4. The summed E-state index contributed by atoms with van der Waals surface area (Å²) in [5.74, 6) is 0.0671. The van der Waals surface area contributed by atoms with E-state index in [2.05, 4.69) is 22.1 Å². The molecule has 2 aromatic heterocycles. The summed E-state index contributed by atoms with van der Waals surface area (Å²) in [5.41, 5.74) is 3.94. The Labute approximate surface area is 230 Å². The van der Waals surface area contributed by atoms with Crippen LogP contribution in [-0.4, -0.2) is 53.1 Å². The Kier molecular flexibility index (Phi) is 8.98. The third-order valence-corrected chi connectivity index (χ3v) is 7.45. The third-order valence-electron chi connectivity index (χ3n) is 5.59. The Morgan fingerprint density at radius 2 is 1.89 bits per heavy atom. The molecular weight excluding hydrogens is 518 g/mol. The van der Waals surface area contributed by atoms with Gasteiger partial charge < -0.3 is 15.0 Å². The number of thioether (sulfide) groups is 1. The van der Waals surface area contributed by atoms with Gasteiger partial charge in [0.25, 0.3) is 0 Å². The second-order valence-corrected chi connectivity index (χ2v) is 10.2. The molecule has 4 rings (SSSR count). The number of benzene rings is 2. The number of carbonyl (C=O) groups excluding carboxylic acids is 2. The van der Waals surface area contributed by atoms with Gasteiger partial charge in [0, 0.05) is 42.8 Å². The lowest BCUT2D eigenvalue weighted by Gasteiger charge is -2.14. The van der Waals surface area contributed by atoms with E-state index < -0.39 is 5.97 Å². The summed E-state index contributed by atoms with van der Waals surface area (Å²) in [7, 11) is 3.97. The highest BCUT2D eigenvalue weighted by atomic mass is 32.2. The van der Waals surface area contributed by atoms with Crippen molar-refractivity contribution in [2.24, 2.45) is 0 Å². The second kappa shape index (κ2) is 12.6. The van der Waals surface area contributed by atoms with Crippen molar-refractivity contribution in [3.63, 3.8) is 0 Å². The molecule has 38 heavy (non-hydrogen) atoms. The second-order valence-electron chi connectivity index (χ2n) is 8.43. The number of amides is 1. The molecule has 2 heterocycles. The first-order valence-corrected chi connectivity index (χ1v) is 13.9. The zero-order chi connectivity index (χ0) is 27.1. The topological polar surface area (TPSA) is 89.3 Å². The third kappa shape index (κ3) is 6.15. The van der Waals surface area contributed by atoms with Crippen molar-refractivity contribution < 1.29 is 14.3 Å². The van der Waals surface area contributed by atoms with E-state index in [-0.39, 0.29) is 18.3 Å². The number of ether oxygens (including phenoxy) is 1. The van der Waals surface area contributed by atoms with Gasteiger partial charge in [0.15, 0.2) is 11.0 Å². The Balaban J connectivity index is 1.53. The van der Waals surface area contributed by atoms with Crippen molar-refractivity contribution in [1.29, 1.82) is 0 Å².